The maximum Gasteiger partial charge on any atom is 0.274 e. The molecule has 2 aliphatic heterocycles. The number of rotatable bonds is 5. The summed E-state index contributed by atoms with van der Waals surface area (Å²) in [5, 5.41) is 0. The summed E-state index contributed by atoms with van der Waals surface area (Å²) in [7, 11) is 0. The summed E-state index contributed by atoms with van der Waals surface area (Å²) < 4.78 is 0. The van der Waals surface area contributed by atoms with Crippen LogP contribution in [0.3, 0.4) is 0 Å². The largest absolute Gasteiger partial charge is 0.353 e. The number of hydrogen-bond acceptors (Lipinski definition) is 6. The number of carbonyl (C=O) groups excluding carboxylic acids is 1. The van der Waals surface area contributed by atoms with Crippen molar-refractivity contribution >= 4 is 11.7 Å². The standard InChI is InChI=1S/C22H30N6O/c1-2-25-8-14-28(15-9-25)22(29)20-16-24-21(17-23-20)27-12-10-26(11-13-27)18-19-6-4-3-5-7-19/h3-7,16-17H,2,8-15,18H2,1H3. The van der Waals surface area contributed by atoms with Crippen LogP contribution in [0, 0.1) is 0 Å². The molecule has 0 radical (unpaired) electrons. The Balaban J connectivity index is 1.29. The van der Waals surface area contributed by atoms with Crippen molar-refractivity contribution in [3.8, 4) is 0 Å². The highest BCUT2D eigenvalue weighted by atomic mass is 16.2. The fraction of sp³-hybridized carbons (Fsp3) is 0.500. The molecule has 0 N–H and O–H groups in total. The lowest BCUT2D eigenvalue weighted by Crippen LogP contribution is -2.48. The first kappa shape index (κ1) is 19.8. The van der Waals surface area contributed by atoms with Crippen molar-refractivity contribution in [1.29, 1.82) is 0 Å². The fourth-order valence-electron chi connectivity index (χ4n) is 4.00. The normalized spacial score (nSPS) is 18.8. The van der Waals surface area contributed by atoms with Crippen LogP contribution in [0.15, 0.2) is 42.7 Å². The summed E-state index contributed by atoms with van der Waals surface area (Å²) in [6.45, 7) is 11.4. The third-order valence-electron chi connectivity index (χ3n) is 5.91. The Kier molecular flexibility index (Phi) is 6.36. The first-order valence-electron chi connectivity index (χ1n) is 10.6. The van der Waals surface area contributed by atoms with E-state index in [4.69, 9.17) is 0 Å². The molecule has 2 aliphatic rings. The van der Waals surface area contributed by atoms with Crippen molar-refractivity contribution in [3.63, 3.8) is 0 Å². The topological polar surface area (TPSA) is 55.8 Å². The van der Waals surface area contributed by atoms with Crippen molar-refractivity contribution < 1.29 is 4.79 Å². The molecule has 2 fully saturated rings. The van der Waals surface area contributed by atoms with Gasteiger partial charge >= 0.3 is 0 Å². The van der Waals surface area contributed by atoms with Crippen LogP contribution in [0.4, 0.5) is 5.82 Å². The van der Waals surface area contributed by atoms with Crippen LogP contribution in [0.5, 0.6) is 0 Å². The Bertz CT molecular complexity index is 781. The highest BCUT2D eigenvalue weighted by Gasteiger charge is 2.23. The molecule has 0 saturated carbocycles. The van der Waals surface area contributed by atoms with Gasteiger partial charge in [0.05, 0.1) is 12.4 Å². The van der Waals surface area contributed by atoms with Gasteiger partial charge in [-0.1, -0.05) is 37.3 Å². The predicted molar refractivity (Wildman–Crippen MR) is 114 cm³/mol. The minimum absolute atomic E-state index is 0.00696. The summed E-state index contributed by atoms with van der Waals surface area (Å²) in [5.41, 5.74) is 1.80. The molecule has 7 heteroatoms. The molecule has 29 heavy (non-hydrogen) atoms. The summed E-state index contributed by atoms with van der Waals surface area (Å²) in [6, 6.07) is 10.6. The molecule has 1 aromatic carbocycles. The second-order valence-electron chi connectivity index (χ2n) is 7.74. The van der Waals surface area contributed by atoms with E-state index in [1.54, 1.807) is 12.4 Å². The summed E-state index contributed by atoms with van der Waals surface area (Å²) in [6.07, 6.45) is 3.39. The van der Waals surface area contributed by atoms with Crippen molar-refractivity contribution in [2.75, 3.05) is 63.8 Å². The van der Waals surface area contributed by atoms with Crippen molar-refractivity contribution in [2.45, 2.75) is 13.5 Å². The van der Waals surface area contributed by atoms with Crippen LogP contribution < -0.4 is 4.90 Å². The maximum atomic E-state index is 12.7. The molecular formula is C22H30N6O. The number of hydrogen-bond donors (Lipinski definition) is 0. The van der Waals surface area contributed by atoms with Gasteiger partial charge in [0, 0.05) is 58.9 Å². The number of anilines is 1. The van der Waals surface area contributed by atoms with E-state index in [1.807, 2.05) is 4.90 Å². The van der Waals surface area contributed by atoms with Crippen LogP contribution in [-0.4, -0.2) is 89.5 Å². The van der Waals surface area contributed by atoms with E-state index in [-0.39, 0.29) is 5.91 Å². The number of likely N-dealkylation sites (N-methyl/N-ethyl adjacent to an activating group) is 1. The van der Waals surface area contributed by atoms with Gasteiger partial charge in [0.15, 0.2) is 0 Å². The molecule has 0 unspecified atom stereocenters. The Morgan fingerprint density at radius 3 is 2.17 bits per heavy atom. The van der Waals surface area contributed by atoms with Crippen LogP contribution in [0.25, 0.3) is 0 Å². The van der Waals surface area contributed by atoms with Gasteiger partial charge in [-0.2, -0.15) is 0 Å². The molecule has 0 aliphatic carbocycles. The third-order valence-corrected chi connectivity index (χ3v) is 5.91. The number of aromatic nitrogens is 2. The van der Waals surface area contributed by atoms with Gasteiger partial charge in [-0.15, -0.1) is 0 Å². The first-order chi connectivity index (χ1) is 14.2. The smallest absolute Gasteiger partial charge is 0.274 e. The Morgan fingerprint density at radius 1 is 0.862 bits per heavy atom. The zero-order valence-electron chi connectivity index (χ0n) is 17.2. The molecule has 4 rings (SSSR count). The molecule has 1 aromatic heterocycles. The van der Waals surface area contributed by atoms with Crippen LogP contribution in [-0.2, 0) is 6.54 Å². The summed E-state index contributed by atoms with van der Waals surface area (Å²) in [5.74, 6) is 0.851. The van der Waals surface area contributed by atoms with E-state index in [2.05, 4.69) is 61.9 Å². The molecule has 0 spiro atoms. The lowest BCUT2D eigenvalue weighted by Gasteiger charge is -2.35. The van der Waals surface area contributed by atoms with Crippen LogP contribution in [0.2, 0.25) is 0 Å². The number of amides is 1. The summed E-state index contributed by atoms with van der Waals surface area (Å²) >= 11 is 0. The monoisotopic (exact) mass is 394 g/mol. The van der Waals surface area contributed by atoms with E-state index < -0.39 is 0 Å². The SMILES string of the molecule is CCN1CCN(C(=O)c2cnc(N3CCN(Cc4ccccc4)CC3)cn2)CC1. The quantitative estimate of drug-likeness (QED) is 0.768. The third kappa shape index (κ3) is 4.92. The average molecular weight is 395 g/mol. The lowest BCUT2D eigenvalue weighted by molar-refractivity contribution is 0.0637. The highest BCUT2D eigenvalue weighted by Crippen LogP contribution is 2.15. The van der Waals surface area contributed by atoms with E-state index in [1.165, 1.54) is 5.56 Å². The molecular weight excluding hydrogens is 364 g/mol. The molecule has 0 atom stereocenters. The Morgan fingerprint density at radius 2 is 1.55 bits per heavy atom. The van der Waals surface area contributed by atoms with Gasteiger partial charge in [-0.25, -0.2) is 9.97 Å². The van der Waals surface area contributed by atoms with Gasteiger partial charge in [-0.05, 0) is 12.1 Å². The Hall–Kier alpha value is -2.51. The van der Waals surface area contributed by atoms with E-state index in [0.717, 1.165) is 71.3 Å². The van der Waals surface area contributed by atoms with Crippen LogP contribution >= 0.6 is 0 Å². The molecule has 154 valence electrons. The van der Waals surface area contributed by atoms with Crippen molar-refractivity contribution in [3.05, 3.63) is 54.0 Å². The van der Waals surface area contributed by atoms with E-state index in [9.17, 15) is 4.79 Å². The maximum absolute atomic E-state index is 12.7. The number of piperazine rings is 2. The number of benzene rings is 1. The molecule has 2 saturated heterocycles. The van der Waals surface area contributed by atoms with Gasteiger partial charge in [-0.3, -0.25) is 9.69 Å². The molecule has 1 amide bonds. The first-order valence-corrected chi connectivity index (χ1v) is 10.6. The van der Waals surface area contributed by atoms with Crippen LogP contribution in [0.1, 0.15) is 23.0 Å². The van der Waals surface area contributed by atoms with Gasteiger partial charge < -0.3 is 14.7 Å². The van der Waals surface area contributed by atoms with Crippen molar-refractivity contribution in [1.82, 2.24) is 24.7 Å². The van der Waals surface area contributed by atoms with Gasteiger partial charge in [0.25, 0.3) is 5.91 Å². The second kappa shape index (κ2) is 9.33. The molecule has 3 heterocycles. The van der Waals surface area contributed by atoms with Gasteiger partial charge in [0.1, 0.15) is 11.5 Å². The Labute approximate surface area is 172 Å². The summed E-state index contributed by atoms with van der Waals surface area (Å²) in [4.78, 5) is 30.6. The van der Waals surface area contributed by atoms with Crippen molar-refractivity contribution in [2.24, 2.45) is 0 Å². The fourth-order valence-corrected chi connectivity index (χ4v) is 4.00. The molecule has 0 bridgehead atoms. The van der Waals surface area contributed by atoms with E-state index in [0.29, 0.717) is 5.69 Å². The zero-order chi connectivity index (χ0) is 20.1. The number of nitrogens with zero attached hydrogens (tertiary/aromatic N) is 6. The average Bonchev–Trinajstić information content (AvgIpc) is 2.80. The predicted octanol–water partition coefficient (Wildman–Crippen LogP) is 1.58. The highest BCUT2D eigenvalue weighted by molar-refractivity contribution is 5.92. The molecule has 7 nitrogen and oxygen atoms in total. The minimum atomic E-state index is -0.00696. The minimum Gasteiger partial charge on any atom is -0.353 e. The second-order valence-corrected chi connectivity index (χ2v) is 7.74. The van der Waals surface area contributed by atoms with Gasteiger partial charge in [0.2, 0.25) is 0 Å². The van der Waals surface area contributed by atoms with E-state index >= 15 is 0 Å². The lowest BCUT2D eigenvalue weighted by atomic mass is 10.2. The number of carbonyl (C=O) groups is 1. The molecule has 2 aromatic rings. The zero-order valence-corrected chi connectivity index (χ0v) is 17.2.